The molecule has 0 bridgehead atoms. The van der Waals surface area contributed by atoms with Crippen molar-refractivity contribution in [3.63, 3.8) is 0 Å². The van der Waals surface area contributed by atoms with Crippen LogP contribution in [0.1, 0.15) is 18.4 Å². The maximum atomic E-state index is 10.7. The molecule has 1 aliphatic rings. The fraction of sp³-hybridized carbons (Fsp3) is 0.500. The van der Waals surface area contributed by atoms with Gasteiger partial charge < -0.3 is 10.0 Å². The van der Waals surface area contributed by atoms with Gasteiger partial charge in [0.25, 0.3) is 5.69 Å². The van der Waals surface area contributed by atoms with Crippen molar-refractivity contribution in [2.75, 3.05) is 18.0 Å². The third-order valence-electron chi connectivity index (χ3n) is 3.14. The van der Waals surface area contributed by atoms with Gasteiger partial charge in [0.2, 0.25) is 0 Å². The molecule has 1 saturated heterocycles. The Hall–Kier alpha value is -1.62. The summed E-state index contributed by atoms with van der Waals surface area (Å²) in [5, 5.41) is 20.3. The topological polar surface area (TPSA) is 66.6 Å². The van der Waals surface area contributed by atoms with Crippen molar-refractivity contribution in [1.82, 2.24) is 0 Å². The maximum absolute atomic E-state index is 10.7. The van der Waals surface area contributed by atoms with Crippen LogP contribution in [0.3, 0.4) is 0 Å². The second kappa shape index (κ2) is 4.71. The minimum absolute atomic E-state index is 0.145. The van der Waals surface area contributed by atoms with Gasteiger partial charge in [-0.05, 0) is 31.9 Å². The molecule has 1 heterocycles. The van der Waals surface area contributed by atoms with Gasteiger partial charge in [-0.3, -0.25) is 10.1 Å². The van der Waals surface area contributed by atoms with Crippen molar-refractivity contribution in [2.45, 2.75) is 25.9 Å². The number of piperidine rings is 1. The van der Waals surface area contributed by atoms with Gasteiger partial charge in [-0.15, -0.1) is 0 Å². The number of aryl methyl sites for hydroxylation is 1. The van der Waals surface area contributed by atoms with Crippen LogP contribution in [0.5, 0.6) is 0 Å². The molecule has 1 aromatic rings. The van der Waals surface area contributed by atoms with E-state index < -0.39 is 0 Å². The molecule has 2 rings (SSSR count). The van der Waals surface area contributed by atoms with Gasteiger partial charge in [-0.1, -0.05) is 0 Å². The van der Waals surface area contributed by atoms with Crippen LogP contribution >= 0.6 is 0 Å². The van der Waals surface area contributed by atoms with Gasteiger partial charge in [-0.25, -0.2) is 0 Å². The summed E-state index contributed by atoms with van der Waals surface area (Å²) in [5.74, 6) is 0. The molecule has 1 aliphatic heterocycles. The number of nitro groups is 1. The summed E-state index contributed by atoms with van der Waals surface area (Å²) in [4.78, 5) is 12.4. The summed E-state index contributed by atoms with van der Waals surface area (Å²) in [6.45, 7) is 3.24. The molecule has 0 radical (unpaired) electrons. The molecular formula is C12H16N2O3. The predicted molar refractivity (Wildman–Crippen MR) is 65.3 cm³/mol. The Morgan fingerprint density at radius 2 is 2.29 bits per heavy atom. The van der Waals surface area contributed by atoms with Crippen LogP contribution in [-0.2, 0) is 0 Å². The highest BCUT2D eigenvalue weighted by Gasteiger charge is 2.19. The molecule has 1 atom stereocenters. The van der Waals surface area contributed by atoms with Gasteiger partial charge in [0.05, 0.1) is 11.0 Å². The van der Waals surface area contributed by atoms with E-state index in [0.29, 0.717) is 12.1 Å². The number of aliphatic hydroxyl groups excluding tert-OH is 1. The zero-order valence-corrected chi connectivity index (χ0v) is 9.80. The fourth-order valence-electron chi connectivity index (χ4n) is 2.23. The first-order chi connectivity index (χ1) is 8.08. The summed E-state index contributed by atoms with van der Waals surface area (Å²) in [5.41, 5.74) is 1.76. The summed E-state index contributed by atoms with van der Waals surface area (Å²) < 4.78 is 0. The van der Waals surface area contributed by atoms with Crippen LogP contribution in [0, 0.1) is 17.0 Å². The Bertz CT molecular complexity index is 434. The first-order valence-corrected chi connectivity index (χ1v) is 5.76. The molecule has 0 saturated carbocycles. The predicted octanol–water partition coefficient (Wildman–Crippen LogP) is 1.86. The van der Waals surface area contributed by atoms with Crippen molar-refractivity contribution in [3.05, 3.63) is 33.9 Å². The van der Waals surface area contributed by atoms with Gasteiger partial charge in [0.1, 0.15) is 0 Å². The molecule has 1 fully saturated rings. The second-order valence-electron chi connectivity index (χ2n) is 4.47. The monoisotopic (exact) mass is 236 g/mol. The third kappa shape index (κ3) is 2.55. The molecule has 1 aromatic carbocycles. The van der Waals surface area contributed by atoms with E-state index in [2.05, 4.69) is 4.90 Å². The number of β-amino-alcohol motifs (C(OH)–C–C–N with tert-alkyl or cyclic N) is 1. The third-order valence-corrected chi connectivity index (χ3v) is 3.14. The number of benzene rings is 1. The lowest BCUT2D eigenvalue weighted by molar-refractivity contribution is -0.385. The minimum atomic E-state index is -0.371. The van der Waals surface area contributed by atoms with Crippen LogP contribution in [0.2, 0.25) is 0 Å². The van der Waals surface area contributed by atoms with E-state index in [1.807, 2.05) is 6.07 Å². The first kappa shape index (κ1) is 11.9. The average molecular weight is 236 g/mol. The Morgan fingerprint density at radius 3 is 2.88 bits per heavy atom. The number of hydrogen-bond acceptors (Lipinski definition) is 4. The quantitative estimate of drug-likeness (QED) is 0.628. The fourth-order valence-corrected chi connectivity index (χ4v) is 2.23. The van der Waals surface area contributed by atoms with Crippen molar-refractivity contribution in [2.24, 2.45) is 0 Å². The molecule has 0 spiro atoms. The Kier molecular flexibility index (Phi) is 3.28. The molecule has 5 nitrogen and oxygen atoms in total. The lowest BCUT2D eigenvalue weighted by Crippen LogP contribution is -2.38. The smallest absolute Gasteiger partial charge is 0.272 e. The molecule has 0 unspecified atom stereocenters. The zero-order valence-electron chi connectivity index (χ0n) is 9.80. The van der Waals surface area contributed by atoms with Gasteiger partial charge >= 0.3 is 0 Å². The van der Waals surface area contributed by atoms with E-state index in [1.165, 1.54) is 6.07 Å². The molecule has 1 N–H and O–H groups in total. The van der Waals surface area contributed by atoms with Crippen LogP contribution in [0.15, 0.2) is 18.2 Å². The molecule has 0 aliphatic carbocycles. The Balaban J connectivity index is 2.22. The SMILES string of the molecule is Cc1cc(N2CCC[C@H](O)C2)ccc1[N+](=O)[O-]. The lowest BCUT2D eigenvalue weighted by atomic mass is 10.1. The Labute approximate surface area is 99.8 Å². The highest BCUT2D eigenvalue weighted by Crippen LogP contribution is 2.26. The summed E-state index contributed by atoms with van der Waals surface area (Å²) >= 11 is 0. The molecule has 0 aromatic heterocycles. The van der Waals surface area contributed by atoms with Gasteiger partial charge in [0, 0.05) is 30.4 Å². The second-order valence-corrected chi connectivity index (χ2v) is 4.47. The minimum Gasteiger partial charge on any atom is -0.391 e. The van der Waals surface area contributed by atoms with Crippen molar-refractivity contribution in [3.8, 4) is 0 Å². The van der Waals surface area contributed by atoms with Gasteiger partial charge in [0.15, 0.2) is 0 Å². The molecule has 0 amide bonds. The number of hydrogen-bond donors (Lipinski definition) is 1. The lowest BCUT2D eigenvalue weighted by Gasteiger charge is -2.32. The molecule has 5 heteroatoms. The van der Waals surface area contributed by atoms with E-state index in [9.17, 15) is 15.2 Å². The summed E-state index contributed by atoms with van der Waals surface area (Å²) in [7, 11) is 0. The average Bonchev–Trinajstić information content (AvgIpc) is 2.28. The molecule has 17 heavy (non-hydrogen) atoms. The number of aliphatic hydroxyl groups is 1. The van der Waals surface area contributed by atoms with Crippen LogP contribution in [0.25, 0.3) is 0 Å². The Morgan fingerprint density at radius 1 is 1.53 bits per heavy atom. The largest absolute Gasteiger partial charge is 0.391 e. The van der Waals surface area contributed by atoms with Crippen molar-refractivity contribution < 1.29 is 10.0 Å². The van der Waals surface area contributed by atoms with E-state index in [0.717, 1.165) is 25.1 Å². The van der Waals surface area contributed by atoms with Gasteiger partial charge in [-0.2, -0.15) is 0 Å². The van der Waals surface area contributed by atoms with E-state index in [1.54, 1.807) is 13.0 Å². The standard InChI is InChI=1S/C12H16N2O3/c1-9-7-10(4-5-12(9)14(16)17)13-6-2-3-11(15)8-13/h4-5,7,11,15H,2-3,6,8H2,1H3/t11-/m0/s1. The van der Waals surface area contributed by atoms with E-state index in [-0.39, 0.29) is 16.7 Å². The molecule has 92 valence electrons. The van der Waals surface area contributed by atoms with Crippen LogP contribution in [0.4, 0.5) is 11.4 Å². The summed E-state index contributed by atoms with van der Waals surface area (Å²) in [6, 6.07) is 5.10. The van der Waals surface area contributed by atoms with E-state index >= 15 is 0 Å². The number of nitrogens with zero attached hydrogens (tertiary/aromatic N) is 2. The maximum Gasteiger partial charge on any atom is 0.272 e. The normalized spacial score (nSPS) is 20.4. The van der Waals surface area contributed by atoms with E-state index in [4.69, 9.17) is 0 Å². The van der Waals surface area contributed by atoms with Crippen LogP contribution in [-0.4, -0.2) is 29.2 Å². The number of rotatable bonds is 2. The summed E-state index contributed by atoms with van der Waals surface area (Å²) in [6.07, 6.45) is 1.50. The highest BCUT2D eigenvalue weighted by molar-refractivity contribution is 5.55. The molecular weight excluding hydrogens is 220 g/mol. The highest BCUT2D eigenvalue weighted by atomic mass is 16.6. The van der Waals surface area contributed by atoms with Crippen molar-refractivity contribution in [1.29, 1.82) is 0 Å². The zero-order chi connectivity index (χ0) is 12.4. The number of anilines is 1. The van der Waals surface area contributed by atoms with Crippen LogP contribution < -0.4 is 4.90 Å². The first-order valence-electron chi connectivity index (χ1n) is 5.76. The van der Waals surface area contributed by atoms with Crippen molar-refractivity contribution >= 4 is 11.4 Å². The number of nitro benzene ring substituents is 1.